The number of ether oxygens (including phenoxy) is 2. The van der Waals surface area contributed by atoms with Gasteiger partial charge in [-0.3, -0.25) is 9.59 Å². The number of hydrogen-bond donors (Lipinski definition) is 1. The van der Waals surface area contributed by atoms with E-state index in [1.165, 1.54) is 31.4 Å². The van der Waals surface area contributed by atoms with Crippen molar-refractivity contribution >= 4 is 46.5 Å². The first-order chi connectivity index (χ1) is 14.9. The lowest BCUT2D eigenvalue weighted by Gasteiger charge is -2.08. The number of nitrogens with one attached hydrogen (secondary N) is 1. The van der Waals surface area contributed by atoms with Gasteiger partial charge in [-0.05, 0) is 66.7 Å². The van der Waals surface area contributed by atoms with Crippen LogP contribution in [0.4, 0.5) is 5.69 Å². The molecule has 0 aliphatic carbocycles. The van der Waals surface area contributed by atoms with Crippen molar-refractivity contribution in [3.8, 4) is 5.75 Å². The highest BCUT2D eigenvalue weighted by Crippen LogP contribution is 2.22. The number of Topliss-reactive ketones (excluding diaryl/α,β-unsaturated/α-hetero) is 1. The zero-order chi connectivity index (χ0) is 22.4. The average Bonchev–Trinajstić information content (AvgIpc) is 2.77. The minimum atomic E-state index is -0.652. The summed E-state index contributed by atoms with van der Waals surface area (Å²) >= 11 is 11.9. The molecule has 0 bridgehead atoms. The highest BCUT2D eigenvalue weighted by Gasteiger charge is 2.14. The summed E-state index contributed by atoms with van der Waals surface area (Å²) in [5, 5.41) is 3.34. The van der Waals surface area contributed by atoms with Crippen LogP contribution in [0.15, 0.2) is 66.7 Å². The van der Waals surface area contributed by atoms with Crippen molar-refractivity contribution in [3.05, 3.63) is 93.5 Å². The van der Waals surface area contributed by atoms with Gasteiger partial charge in [0.15, 0.2) is 12.4 Å². The Kier molecular flexibility index (Phi) is 7.28. The first kappa shape index (κ1) is 22.3. The molecule has 0 aromatic heterocycles. The Morgan fingerprint density at radius 2 is 1.52 bits per heavy atom. The van der Waals surface area contributed by atoms with Gasteiger partial charge >= 0.3 is 5.97 Å². The Balaban J connectivity index is 1.56. The molecule has 0 radical (unpaired) electrons. The molecule has 158 valence electrons. The number of halogens is 2. The molecule has 31 heavy (non-hydrogen) atoms. The monoisotopic (exact) mass is 457 g/mol. The van der Waals surface area contributed by atoms with E-state index in [4.69, 9.17) is 32.7 Å². The van der Waals surface area contributed by atoms with Crippen LogP contribution < -0.4 is 10.1 Å². The molecule has 8 heteroatoms. The molecule has 3 aromatic rings. The lowest BCUT2D eigenvalue weighted by atomic mass is 10.1. The van der Waals surface area contributed by atoms with Gasteiger partial charge in [0.25, 0.3) is 5.91 Å². The summed E-state index contributed by atoms with van der Waals surface area (Å²) in [4.78, 5) is 36.7. The second kappa shape index (κ2) is 10.1. The number of carbonyl (C=O) groups excluding carboxylic acids is 3. The van der Waals surface area contributed by atoms with E-state index in [2.05, 4.69) is 5.32 Å². The zero-order valence-electron chi connectivity index (χ0n) is 16.4. The number of esters is 1. The largest absolute Gasteiger partial charge is 0.497 e. The molecule has 0 aliphatic heterocycles. The topological polar surface area (TPSA) is 81.7 Å². The molecule has 3 rings (SSSR count). The van der Waals surface area contributed by atoms with Crippen LogP contribution in [0.5, 0.6) is 5.75 Å². The molecule has 0 saturated carbocycles. The summed E-state index contributed by atoms with van der Waals surface area (Å²) in [6.07, 6.45) is 0. The Morgan fingerprint density at radius 1 is 0.871 bits per heavy atom. The third-order valence-electron chi connectivity index (χ3n) is 4.30. The van der Waals surface area contributed by atoms with E-state index in [-0.39, 0.29) is 21.9 Å². The summed E-state index contributed by atoms with van der Waals surface area (Å²) in [5.41, 5.74) is 1.38. The van der Waals surface area contributed by atoms with Gasteiger partial charge in [0, 0.05) is 16.3 Å². The fraction of sp³-hybridized carbons (Fsp3) is 0.0870. The number of carbonyl (C=O) groups is 3. The number of ketones is 1. The van der Waals surface area contributed by atoms with Crippen LogP contribution in [0.1, 0.15) is 31.1 Å². The molecular weight excluding hydrogens is 441 g/mol. The Labute approximate surface area is 188 Å². The molecule has 0 heterocycles. The van der Waals surface area contributed by atoms with Crippen LogP contribution in [0, 0.1) is 0 Å². The van der Waals surface area contributed by atoms with Crippen molar-refractivity contribution in [2.45, 2.75) is 0 Å². The van der Waals surface area contributed by atoms with Crippen molar-refractivity contribution < 1.29 is 23.9 Å². The van der Waals surface area contributed by atoms with Crippen molar-refractivity contribution in [2.75, 3.05) is 19.0 Å². The van der Waals surface area contributed by atoms with Crippen LogP contribution in [0.25, 0.3) is 0 Å². The smallest absolute Gasteiger partial charge is 0.338 e. The molecule has 1 N–H and O–H groups in total. The summed E-state index contributed by atoms with van der Waals surface area (Å²) in [6.45, 7) is -0.390. The van der Waals surface area contributed by atoms with Gasteiger partial charge in [-0.25, -0.2) is 4.79 Å². The minimum Gasteiger partial charge on any atom is -0.497 e. The molecule has 3 aromatic carbocycles. The summed E-state index contributed by atoms with van der Waals surface area (Å²) in [7, 11) is 1.53. The predicted octanol–water partition coefficient (Wildman–Crippen LogP) is 5.29. The molecule has 1 amide bonds. The zero-order valence-corrected chi connectivity index (χ0v) is 17.9. The van der Waals surface area contributed by atoms with Crippen molar-refractivity contribution in [3.63, 3.8) is 0 Å². The first-order valence-electron chi connectivity index (χ1n) is 9.08. The standard InChI is InChI=1S/C23H17Cl2NO5/c1-30-18-9-4-14(5-10-18)21(27)13-31-23(29)15-2-7-17(8-3-15)26-22(28)19-11-6-16(24)12-20(19)25/h2-12H,13H2,1H3,(H,26,28). The fourth-order valence-corrected chi connectivity index (χ4v) is 3.13. The number of methoxy groups -OCH3 is 1. The number of rotatable bonds is 7. The number of hydrogen-bond acceptors (Lipinski definition) is 5. The molecule has 0 unspecified atom stereocenters. The maximum absolute atomic E-state index is 12.3. The van der Waals surface area contributed by atoms with Gasteiger partial charge < -0.3 is 14.8 Å². The summed E-state index contributed by atoms with van der Waals surface area (Å²) in [6, 6.07) is 17.1. The third-order valence-corrected chi connectivity index (χ3v) is 4.85. The van der Waals surface area contributed by atoms with Crippen molar-refractivity contribution in [1.82, 2.24) is 0 Å². The van der Waals surface area contributed by atoms with E-state index in [0.717, 1.165) is 0 Å². The number of amides is 1. The van der Waals surface area contributed by atoms with E-state index in [1.807, 2.05) is 0 Å². The maximum Gasteiger partial charge on any atom is 0.338 e. The van der Waals surface area contributed by atoms with Crippen LogP contribution in [0.2, 0.25) is 10.0 Å². The van der Waals surface area contributed by atoms with E-state index in [9.17, 15) is 14.4 Å². The summed E-state index contributed by atoms with van der Waals surface area (Å²) < 4.78 is 10.1. The molecule has 0 fully saturated rings. The highest BCUT2D eigenvalue weighted by molar-refractivity contribution is 6.37. The lowest BCUT2D eigenvalue weighted by Crippen LogP contribution is -2.15. The molecule has 6 nitrogen and oxygen atoms in total. The molecule has 0 spiro atoms. The van der Waals surface area contributed by atoms with Crippen LogP contribution >= 0.6 is 23.2 Å². The molecular formula is C23H17Cl2NO5. The van der Waals surface area contributed by atoms with Gasteiger partial charge in [-0.1, -0.05) is 23.2 Å². The second-order valence-corrected chi connectivity index (χ2v) is 7.23. The number of benzene rings is 3. The van der Waals surface area contributed by atoms with Gasteiger partial charge in [-0.15, -0.1) is 0 Å². The SMILES string of the molecule is COc1ccc(C(=O)COC(=O)c2ccc(NC(=O)c3ccc(Cl)cc3Cl)cc2)cc1. The Morgan fingerprint density at radius 3 is 2.13 bits per heavy atom. The van der Waals surface area contributed by atoms with E-state index in [1.54, 1.807) is 42.5 Å². The lowest BCUT2D eigenvalue weighted by molar-refractivity contribution is 0.0474. The van der Waals surface area contributed by atoms with Gasteiger partial charge in [-0.2, -0.15) is 0 Å². The van der Waals surface area contributed by atoms with E-state index < -0.39 is 18.5 Å². The van der Waals surface area contributed by atoms with E-state index >= 15 is 0 Å². The second-order valence-electron chi connectivity index (χ2n) is 6.38. The maximum atomic E-state index is 12.3. The van der Waals surface area contributed by atoms with Crippen molar-refractivity contribution in [2.24, 2.45) is 0 Å². The quantitative estimate of drug-likeness (QED) is 0.384. The van der Waals surface area contributed by atoms with Crippen LogP contribution in [0.3, 0.4) is 0 Å². The highest BCUT2D eigenvalue weighted by atomic mass is 35.5. The van der Waals surface area contributed by atoms with Gasteiger partial charge in [0.05, 0.1) is 23.3 Å². The average molecular weight is 458 g/mol. The molecule has 0 atom stereocenters. The third kappa shape index (κ3) is 5.84. The minimum absolute atomic E-state index is 0.228. The fourth-order valence-electron chi connectivity index (χ4n) is 2.64. The van der Waals surface area contributed by atoms with Gasteiger partial charge in [0.1, 0.15) is 5.75 Å². The Bertz CT molecular complexity index is 1110. The molecule has 0 saturated heterocycles. The predicted molar refractivity (Wildman–Crippen MR) is 118 cm³/mol. The van der Waals surface area contributed by atoms with Crippen LogP contribution in [-0.2, 0) is 4.74 Å². The number of anilines is 1. The van der Waals surface area contributed by atoms with E-state index in [0.29, 0.717) is 22.0 Å². The van der Waals surface area contributed by atoms with Crippen LogP contribution in [-0.4, -0.2) is 31.4 Å². The molecule has 0 aliphatic rings. The first-order valence-corrected chi connectivity index (χ1v) is 9.84. The van der Waals surface area contributed by atoms with Crippen molar-refractivity contribution in [1.29, 1.82) is 0 Å². The normalized spacial score (nSPS) is 10.3. The Hall–Kier alpha value is -3.35. The van der Waals surface area contributed by atoms with Gasteiger partial charge in [0.2, 0.25) is 0 Å². The summed E-state index contributed by atoms with van der Waals surface area (Å²) in [5.74, 6) is -0.777.